The molecular weight excluding hydrogens is 402 g/mol. The standard InChI is InChI=1S/C19H26O7P2/c1-21-27(20,22-2)19(28(23-3,24-4)25-5)18-14-10-9-11-16(18)15-26-17-12-7-6-8-13-17/h6-14H,15H2,1-5H3. The molecule has 0 heterocycles. The van der Waals surface area contributed by atoms with Crippen molar-refractivity contribution in [3.8, 4) is 5.75 Å². The zero-order valence-electron chi connectivity index (χ0n) is 16.7. The van der Waals surface area contributed by atoms with Crippen molar-refractivity contribution in [2.45, 2.75) is 6.61 Å². The van der Waals surface area contributed by atoms with E-state index in [1.165, 1.54) is 35.5 Å². The summed E-state index contributed by atoms with van der Waals surface area (Å²) in [6, 6.07) is 16.7. The average Bonchev–Trinajstić information content (AvgIpc) is 2.77. The van der Waals surface area contributed by atoms with Gasteiger partial charge in [0.2, 0.25) is 0 Å². The molecule has 0 aliphatic heterocycles. The highest BCUT2D eigenvalue weighted by Gasteiger charge is 2.41. The largest absolute Gasteiger partial charge is 0.489 e. The van der Waals surface area contributed by atoms with Gasteiger partial charge in [0, 0.05) is 41.1 Å². The number of ether oxygens (including phenoxy) is 1. The first-order valence-corrected chi connectivity index (χ1v) is 11.5. The zero-order chi connectivity index (χ0) is 20.6. The van der Waals surface area contributed by atoms with Crippen LogP contribution in [0.25, 0.3) is 0 Å². The van der Waals surface area contributed by atoms with E-state index in [0.717, 1.165) is 5.56 Å². The smallest absolute Gasteiger partial charge is 0.368 e. The molecule has 7 nitrogen and oxygen atoms in total. The summed E-state index contributed by atoms with van der Waals surface area (Å²) in [7, 11) is -0.0641. The van der Waals surface area contributed by atoms with Crippen molar-refractivity contribution in [1.29, 1.82) is 0 Å². The first-order chi connectivity index (χ1) is 13.5. The summed E-state index contributed by atoms with van der Waals surface area (Å²) in [5.41, 5.74) is 1.33. The highest BCUT2D eigenvalue weighted by atomic mass is 31.2. The van der Waals surface area contributed by atoms with Gasteiger partial charge in [0.25, 0.3) is 7.57 Å². The van der Waals surface area contributed by atoms with Crippen LogP contribution in [0.1, 0.15) is 11.1 Å². The maximum Gasteiger partial charge on any atom is 0.368 e. The van der Waals surface area contributed by atoms with E-state index in [0.29, 0.717) is 11.3 Å². The molecule has 0 N–H and O–H groups in total. The quantitative estimate of drug-likeness (QED) is 0.497. The van der Waals surface area contributed by atoms with Gasteiger partial charge in [-0.05, 0) is 17.7 Å². The van der Waals surface area contributed by atoms with Gasteiger partial charge in [-0.1, -0.05) is 42.5 Å². The van der Waals surface area contributed by atoms with Gasteiger partial charge in [0.15, 0.2) is 0 Å². The van der Waals surface area contributed by atoms with Crippen LogP contribution in [0, 0.1) is 0 Å². The van der Waals surface area contributed by atoms with E-state index < -0.39 is 15.2 Å². The molecule has 0 saturated heterocycles. The van der Waals surface area contributed by atoms with Gasteiger partial charge in [-0.15, -0.1) is 0 Å². The van der Waals surface area contributed by atoms with E-state index in [1.54, 1.807) is 6.07 Å². The van der Waals surface area contributed by atoms with Gasteiger partial charge in [-0.2, -0.15) is 0 Å². The zero-order valence-corrected chi connectivity index (χ0v) is 18.4. The fourth-order valence-electron chi connectivity index (χ4n) is 2.72. The van der Waals surface area contributed by atoms with Crippen LogP contribution >= 0.6 is 15.2 Å². The Labute approximate surface area is 166 Å². The van der Waals surface area contributed by atoms with Gasteiger partial charge in [0.05, 0.1) is 0 Å². The Morgan fingerprint density at radius 1 is 0.750 bits per heavy atom. The molecule has 0 atom stereocenters. The third kappa shape index (κ3) is 4.76. The molecule has 0 fully saturated rings. The summed E-state index contributed by atoms with van der Waals surface area (Å²) in [6.07, 6.45) is 0. The molecule has 0 amide bonds. The highest BCUT2D eigenvalue weighted by molar-refractivity contribution is 7.89. The van der Waals surface area contributed by atoms with Crippen LogP contribution < -0.4 is 4.74 Å². The summed E-state index contributed by atoms with van der Waals surface area (Å²) in [4.78, 5) is 0. The maximum absolute atomic E-state index is 13.5. The Morgan fingerprint density at radius 2 is 1.29 bits per heavy atom. The van der Waals surface area contributed by atoms with Crippen LogP contribution in [-0.4, -0.2) is 40.6 Å². The molecule has 0 spiro atoms. The molecule has 0 aliphatic rings. The van der Waals surface area contributed by atoms with Gasteiger partial charge in [0.1, 0.15) is 17.4 Å². The molecule has 0 saturated carbocycles. The second kappa shape index (κ2) is 10.4. The fourth-order valence-corrected chi connectivity index (χ4v) is 7.63. The SMILES string of the molecule is COP(=O)(OC)C(c1ccccc1COc1ccccc1)=P(OC)(OC)OC. The van der Waals surface area contributed by atoms with Gasteiger partial charge in [-0.25, -0.2) is 0 Å². The fraction of sp³-hybridized carbons (Fsp3) is 0.316. The normalized spacial score (nSPS) is 12.0. The van der Waals surface area contributed by atoms with E-state index in [2.05, 4.69) is 0 Å². The monoisotopic (exact) mass is 428 g/mol. The third-order valence-corrected chi connectivity index (χ3v) is 9.51. The Hall–Kier alpha value is -1.43. The van der Waals surface area contributed by atoms with Crippen LogP contribution in [0.2, 0.25) is 0 Å². The molecule has 0 radical (unpaired) electrons. The summed E-state index contributed by atoms with van der Waals surface area (Å²) in [6.45, 7) is 0.230. The molecule has 2 aromatic rings. The highest BCUT2D eigenvalue weighted by Crippen LogP contribution is 2.64. The van der Waals surface area contributed by atoms with Crippen LogP contribution in [0.15, 0.2) is 54.6 Å². The van der Waals surface area contributed by atoms with E-state index in [4.69, 9.17) is 27.4 Å². The van der Waals surface area contributed by atoms with Gasteiger partial charge < -0.3 is 27.4 Å². The Kier molecular flexibility index (Phi) is 8.47. The number of hydrogen-bond acceptors (Lipinski definition) is 7. The lowest BCUT2D eigenvalue weighted by atomic mass is 10.1. The first kappa shape index (κ1) is 22.9. The molecule has 2 aromatic carbocycles. The van der Waals surface area contributed by atoms with Crippen LogP contribution in [0.4, 0.5) is 0 Å². The predicted molar refractivity (Wildman–Crippen MR) is 111 cm³/mol. The Morgan fingerprint density at radius 3 is 1.82 bits per heavy atom. The first-order valence-electron chi connectivity index (χ1n) is 8.42. The summed E-state index contributed by atoms with van der Waals surface area (Å²) >= 11 is 0. The van der Waals surface area contributed by atoms with Crippen molar-refractivity contribution in [2.24, 2.45) is 0 Å². The Balaban J connectivity index is 2.65. The van der Waals surface area contributed by atoms with Crippen molar-refractivity contribution in [2.75, 3.05) is 35.5 Å². The second-order valence-electron chi connectivity index (χ2n) is 5.49. The predicted octanol–water partition coefficient (Wildman–Crippen LogP) is 4.93. The van der Waals surface area contributed by atoms with Crippen LogP contribution in [0.3, 0.4) is 0 Å². The summed E-state index contributed by atoms with van der Waals surface area (Å²) in [5, 5.41) is 0.199. The molecular formula is C19H26O7P2. The molecule has 28 heavy (non-hydrogen) atoms. The van der Waals surface area contributed by atoms with E-state index in [-0.39, 0.29) is 11.6 Å². The number of hydrogen-bond donors (Lipinski definition) is 0. The van der Waals surface area contributed by atoms with Gasteiger partial charge in [-0.3, -0.25) is 4.57 Å². The van der Waals surface area contributed by atoms with Crippen molar-refractivity contribution in [1.82, 2.24) is 0 Å². The molecule has 0 aliphatic carbocycles. The third-order valence-electron chi connectivity index (χ3n) is 4.12. The van der Waals surface area contributed by atoms with Crippen molar-refractivity contribution in [3.63, 3.8) is 0 Å². The number of rotatable bonds is 10. The van der Waals surface area contributed by atoms with E-state index in [1.807, 2.05) is 48.5 Å². The van der Waals surface area contributed by atoms with Crippen molar-refractivity contribution < 1.29 is 31.9 Å². The van der Waals surface area contributed by atoms with Crippen LogP contribution in [0.5, 0.6) is 5.75 Å². The maximum atomic E-state index is 13.5. The summed E-state index contributed by atoms with van der Waals surface area (Å²) in [5.74, 6) is 0.715. The minimum Gasteiger partial charge on any atom is -0.489 e. The minimum absolute atomic E-state index is 0.199. The molecule has 154 valence electrons. The molecule has 0 aromatic heterocycles. The average molecular weight is 428 g/mol. The van der Waals surface area contributed by atoms with Gasteiger partial charge >= 0.3 is 7.60 Å². The molecule has 0 bridgehead atoms. The van der Waals surface area contributed by atoms with Crippen molar-refractivity contribution >= 4 is 20.2 Å². The lowest BCUT2D eigenvalue weighted by Crippen LogP contribution is -2.15. The lowest BCUT2D eigenvalue weighted by molar-refractivity contribution is 0.232. The van der Waals surface area contributed by atoms with Crippen molar-refractivity contribution in [3.05, 3.63) is 65.7 Å². The molecule has 0 unspecified atom stereocenters. The summed E-state index contributed by atoms with van der Waals surface area (Å²) < 4.78 is 46.6. The molecule has 9 heteroatoms. The second-order valence-corrected chi connectivity index (χ2v) is 10.6. The minimum atomic E-state index is -3.77. The van der Waals surface area contributed by atoms with Crippen LogP contribution in [-0.2, 0) is 33.8 Å². The molecule has 2 rings (SSSR count). The topological polar surface area (TPSA) is 72.5 Å². The number of benzene rings is 2. The lowest BCUT2D eigenvalue weighted by Gasteiger charge is -2.29. The number of para-hydroxylation sites is 1. The van der Waals surface area contributed by atoms with E-state index in [9.17, 15) is 4.57 Å². The van der Waals surface area contributed by atoms with E-state index >= 15 is 0 Å². The Bertz CT molecular complexity index is 841.